The fourth-order valence-corrected chi connectivity index (χ4v) is 2.55. The van der Waals surface area contributed by atoms with Gasteiger partial charge in [0.1, 0.15) is 4.90 Å². The number of hydrogen-bond acceptors (Lipinski definition) is 3. The summed E-state index contributed by atoms with van der Waals surface area (Å²) in [4.78, 5) is -0.407. The lowest BCUT2D eigenvalue weighted by Crippen LogP contribution is -2.00. The number of hydrogen-bond donors (Lipinski definition) is 1. The molecule has 0 spiro atoms. The molecule has 0 saturated carbocycles. The molecule has 6 heteroatoms. The standard InChI is InChI=1S/C8H8BrFO3S/c1-5-6(4-11)2-7(9)3-8(5)14(10,12)13/h2-3,11H,4H2,1H3. The number of halogens is 2. The zero-order chi connectivity index (χ0) is 10.9. The van der Waals surface area contributed by atoms with Crippen LogP contribution in [-0.2, 0) is 16.8 Å². The monoisotopic (exact) mass is 282 g/mol. The minimum atomic E-state index is -4.73. The topological polar surface area (TPSA) is 54.4 Å². The van der Waals surface area contributed by atoms with Crippen LogP contribution in [0.15, 0.2) is 21.5 Å². The summed E-state index contributed by atoms with van der Waals surface area (Å²) in [7, 11) is -4.73. The lowest BCUT2D eigenvalue weighted by Gasteiger charge is -2.07. The number of aliphatic hydroxyl groups excluding tert-OH is 1. The van der Waals surface area contributed by atoms with Crippen LogP contribution in [-0.4, -0.2) is 13.5 Å². The fraction of sp³-hybridized carbons (Fsp3) is 0.250. The zero-order valence-corrected chi connectivity index (χ0v) is 9.69. The van der Waals surface area contributed by atoms with Crippen molar-refractivity contribution in [3.63, 3.8) is 0 Å². The quantitative estimate of drug-likeness (QED) is 0.843. The van der Waals surface area contributed by atoms with Gasteiger partial charge in [-0.2, -0.15) is 8.42 Å². The molecule has 0 aliphatic rings. The molecule has 0 amide bonds. The second-order valence-electron chi connectivity index (χ2n) is 2.78. The fourth-order valence-electron chi connectivity index (χ4n) is 1.13. The van der Waals surface area contributed by atoms with E-state index in [0.29, 0.717) is 10.0 Å². The maximum Gasteiger partial charge on any atom is 0.332 e. The summed E-state index contributed by atoms with van der Waals surface area (Å²) in [5, 5.41) is 8.89. The average molecular weight is 283 g/mol. The maximum atomic E-state index is 12.7. The van der Waals surface area contributed by atoms with Gasteiger partial charge in [0.25, 0.3) is 0 Å². The molecule has 0 bridgehead atoms. The second kappa shape index (κ2) is 3.96. The highest BCUT2D eigenvalue weighted by Gasteiger charge is 2.18. The summed E-state index contributed by atoms with van der Waals surface area (Å²) in [5.74, 6) is 0. The maximum absolute atomic E-state index is 12.7. The van der Waals surface area contributed by atoms with Crippen LogP contribution < -0.4 is 0 Å². The van der Waals surface area contributed by atoms with Crippen molar-refractivity contribution in [3.05, 3.63) is 27.7 Å². The Balaban J connectivity index is 3.53. The first-order valence-electron chi connectivity index (χ1n) is 3.71. The van der Waals surface area contributed by atoms with Crippen molar-refractivity contribution in [2.24, 2.45) is 0 Å². The summed E-state index contributed by atoms with van der Waals surface area (Å²) in [6.07, 6.45) is 0. The Hall–Kier alpha value is -0.460. The first-order valence-corrected chi connectivity index (χ1v) is 5.88. The molecule has 1 rings (SSSR count). The lowest BCUT2D eigenvalue weighted by molar-refractivity contribution is 0.280. The van der Waals surface area contributed by atoms with Gasteiger partial charge < -0.3 is 5.11 Å². The Kier molecular flexibility index (Phi) is 3.28. The molecule has 0 aromatic heterocycles. The number of benzene rings is 1. The highest BCUT2D eigenvalue weighted by molar-refractivity contribution is 9.10. The predicted molar refractivity (Wildman–Crippen MR) is 53.1 cm³/mol. The van der Waals surface area contributed by atoms with Gasteiger partial charge in [-0.15, -0.1) is 3.89 Å². The highest BCUT2D eigenvalue weighted by Crippen LogP contribution is 2.25. The van der Waals surface area contributed by atoms with Crippen LogP contribution in [0.5, 0.6) is 0 Å². The summed E-state index contributed by atoms with van der Waals surface area (Å²) < 4.78 is 34.6. The molecular weight excluding hydrogens is 275 g/mol. The van der Waals surface area contributed by atoms with Gasteiger partial charge in [0.2, 0.25) is 0 Å². The van der Waals surface area contributed by atoms with Crippen LogP contribution >= 0.6 is 15.9 Å². The van der Waals surface area contributed by atoms with E-state index < -0.39 is 15.1 Å². The van der Waals surface area contributed by atoms with Gasteiger partial charge in [0, 0.05) is 4.47 Å². The van der Waals surface area contributed by atoms with Gasteiger partial charge in [0.15, 0.2) is 0 Å². The van der Waals surface area contributed by atoms with E-state index in [9.17, 15) is 12.3 Å². The van der Waals surface area contributed by atoms with Gasteiger partial charge >= 0.3 is 10.2 Å². The second-order valence-corrected chi connectivity index (χ2v) is 5.02. The van der Waals surface area contributed by atoms with Gasteiger partial charge in [-0.3, -0.25) is 0 Å². The predicted octanol–water partition coefficient (Wildman–Crippen LogP) is 1.91. The minimum absolute atomic E-state index is 0.234. The van der Waals surface area contributed by atoms with Crippen LogP contribution in [0.25, 0.3) is 0 Å². The van der Waals surface area contributed by atoms with Crippen molar-refractivity contribution in [3.8, 4) is 0 Å². The van der Waals surface area contributed by atoms with Crippen molar-refractivity contribution in [2.45, 2.75) is 18.4 Å². The molecule has 1 aromatic rings. The molecule has 0 atom stereocenters. The van der Waals surface area contributed by atoms with E-state index in [1.54, 1.807) is 6.07 Å². The molecule has 0 aliphatic carbocycles. The van der Waals surface area contributed by atoms with Gasteiger partial charge in [0.05, 0.1) is 6.61 Å². The molecule has 1 N–H and O–H groups in total. The van der Waals surface area contributed by atoms with Crippen molar-refractivity contribution in [1.82, 2.24) is 0 Å². The first-order chi connectivity index (χ1) is 6.36. The molecule has 3 nitrogen and oxygen atoms in total. The van der Waals surface area contributed by atoms with Crippen molar-refractivity contribution >= 4 is 26.2 Å². The van der Waals surface area contributed by atoms with Crippen molar-refractivity contribution in [2.75, 3.05) is 0 Å². The third-order valence-corrected chi connectivity index (χ3v) is 3.27. The van der Waals surface area contributed by atoms with E-state index in [1.807, 2.05) is 0 Å². The summed E-state index contributed by atoms with van der Waals surface area (Å²) in [5.41, 5.74) is 0.619. The van der Waals surface area contributed by atoms with E-state index in [1.165, 1.54) is 13.0 Å². The minimum Gasteiger partial charge on any atom is -0.392 e. The molecule has 78 valence electrons. The summed E-state index contributed by atoms with van der Waals surface area (Å²) >= 11 is 3.04. The van der Waals surface area contributed by atoms with E-state index >= 15 is 0 Å². The molecule has 0 saturated heterocycles. The van der Waals surface area contributed by atoms with Crippen LogP contribution in [0.4, 0.5) is 3.89 Å². The van der Waals surface area contributed by atoms with Crippen molar-refractivity contribution in [1.29, 1.82) is 0 Å². The SMILES string of the molecule is Cc1c(CO)cc(Br)cc1S(=O)(=O)F. The molecule has 14 heavy (non-hydrogen) atoms. The first kappa shape index (κ1) is 11.6. The molecule has 0 radical (unpaired) electrons. The van der Waals surface area contributed by atoms with E-state index in [4.69, 9.17) is 5.11 Å². The molecule has 0 aliphatic heterocycles. The Bertz CT molecular complexity index is 456. The highest BCUT2D eigenvalue weighted by atomic mass is 79.9. The molecule has 0 fully saturated rings. The van der Waals surface area contributed by atoms with Crippen LogP contribution in [0, 0.1) is 6.92 Å². The Morgan fingerprint density at radius 2 is 2.07 bits per heavy atom. The lowest BCUT2D eigenvalue weighted by atomic mass is 10.1. The zero-order valence-electron chi connectivity index (χ0n) is 7.29. The van der Waals surface area contributed by atoms with Crippen LogP contribution in [0.2, 0.25) is 0 Å². The van der Waals surface area contributed by atoms with E-state index in [2.05, 4.69) is 15.9 Å². The number of rotatable bonds is 2. The Labute approximate surface area is 89.9 Å². The normalized spacial score (nSPS) is 11.7. The Morgan fingerprint density at radius 1 is 1.50 bits per heavy atom. The Morgan fingerprint density at radius 3 is 2.50 bits per heavy atom. The van der Waals surface area contributed by atoms with Gasteiger partial charge in [-0.1, -0.05) is 15.9 Å². The molecular formula is C8H8BrFO3S. The van der Waals surface area contributed by atoms with Gasteiger partial charge in [-0.25, -0.2) is 0 Å². The van der Waals surface area contributed by atoms with Crippen LogP contribution in [0.1, 0.15) is 11.1 Å². The van der Waals surface area contributed by atoms with E-state index in [-0.39, 0.29) is 12.2 Å². The van der Waals surface area contributed by atoms with Gasteiger partial charge in [-0.05, 0) is 30.2 Å². The summed E-state index contributed by atoms with van der Waals surface area (Å²) in [6, 6.07) is 2.72. The third-order valence-electron chi connectivity index (χ3n) is 1.87. The van der Waals surface area contributed by atoms with Crippen molar-refractivity contribution < 1.29 is 17.4 Å². The molecule has 0 heterocycles. The molecule has 1 aromatic carbocycles. The van der Waals surface area contributed by atoms with Crippen LogP contribution in [0.3, 0.4) is 0 Å². The number of aliphatic hydroxyl groups is 1. The summed E-state index contributed by atoms with van der Waals surface area (Å²) in [6.45, 7) is 1.12. The largest absolute Gasteiger partial charge is 0.392 e. The smallest absolute Gasteiger partial charge is 0.332 e. The van der Waals surface area contributed by atoms with E-state index in [0.717, 1.165) is 0 Å². The average Bonchev–Trinajstić information content (AvgIpc) is 2.06. The third kappa shape index (κ3) is 2.31. The molecule has 0 unspecified atom stereocenters.